The SMILES string of the molecule is COC(=O)CC(NC(=O)COc1cc(Cl)c(Cl)cc1Cl)c1cccs1. The van der Waals surface area contributed by atoms with E-state index in [4.69, 9.17) is 39.5 Å². The molecule has 5 nitrogen and oxygen atoms in total. The molecule has 1 N–H and O–H groups in total. The molecule has 2 aromatic rings. The van der Waals surface area contributed by atoms with Crippen molar-refractivity contribution < 1.29 is 19.1 Å². The summed E-state index contributed by atoms with van der Waals surface area (Å²) in [6, 6.07) is 6.04. The lowest BCUT2D eigenvalue weighted by Gasteiger charge is -2.17. The Morgan fingerprint density at radius 3 is 2.56 bits per heavy atom. The van der Waals surface area contributed by atoms with Gasteiger partial charge in [-0.05, 0) is 17.5 Å². The van der Waals surface area contributed by atoms with E-state index in [0.29, 0.717) is 5.02 Å². The molecule has 1 aromatic heterocycles. The first-order valence-electron chi connectivity index (χ1n) is 7.07. The summed E-state index contributed by atoms with van der Waals surface area (Å²) in [4.78, 5) is 24.6. The smallest absolute Gasteiger partial charge is 0.307 e. The number of halogens is 3. The number of benzene rings is 1. The van der Waals surface area contributed by atoms with Crippen LogP contribution in [0.3, 0.4) is 0 Å². The first-order chi connectivity index (χ1) is 11.9. The molecule has 1 atom stereocenters. The van der Waals surface area contributed by atoms with Crippen LogP contribution in [0, 0.1) is 0 Å². The highest BCUT2D eigenvalue weighted by molar-refractivity contribution is 7.10. The van der Waals surface area contributed by atoms with Gasteiger partial charge in [0.25, 0.3) is 5.91 Å². The highest BCUT2D eigenvalue weighted by atomic mass is 35.5. The lowest BCUT2D eigenvalue weighted by Crippen LogP contribution is -2.33. The molecule has 0 saturated carbocycles. The molecule has 0 aliphatic rings. The van der Waals surface area contributed by atoms with E-state index in [2.05, 4.69) is 10.1 Å². The van der Waals surface area contributed by atoms with E-state index in [0.717, 1.165) is 4.88 Å². The molecule has 0 bridgehead atoms. The maximum Gasteiger partial charge on any atom is 0.307 e. The van der Waals surface area contributed by atoms with Crippen LogP contribution in [0.5, 0.6) is 5.75 Å². The average Bonchev–Trinajstić information content (AvgIpc) is 3.10. The summed E-state index contributed by atoms with van der Waals surface area (Å²) in [5.41, 5.74) is 0. The minimum Gasteiger partial charge on any atom is -0.482 e. The molecule has 134 valence electrons. The van der Waals surface area contributed by atoms with Crippen LogP contribution in [0.2, 0.25) is 15.1 Å². The van der Waals surface area contributed by atoms with Crippen molar-refractivity contribution in [1.29, 1.82) is 0 Å². The second-order valence-electron chi connectivity index (χ2n) is 4.90. The number of hydrogen-bond donors (Lipinski definition) is 1. The van der Waals surface area contributed by atoms with Gasteiger partial charge in [-0.1, -0.05) is 40.9 Å². The molecule has 25 heavy (non-hydrogen) atoms. The minimum atomic E-state index is -0.493. The summed E-state index contributed by atoms with van der Waals surface area (Å²) in [5.74, 6) is -0.594. The summed E-state index contributed by atoms with van der Waals surface area (Å²) in [6.45, 7) is -0.291. The van der Waals surface area contributed by atoms with Crippen LogP contribution in [0.4, 0.5) is 0 Å². The number of nitrogens with one attached hydrogen (secondary N) is 1. The number of methoxy groups -OCH3 is 1. The van der Waals surface area contributed by atoms with Gasteiger partial charge in [0, 0.05) is 10.9 Å². The van der Waals surface area contributed by atoms with Gasteiger partial charge in [0.1, 0.15) is 5.75 Å². The van der Waals surface area contributed by atoms with Crippen molar-refractivity contribution in [2.24, 2.45) is 0 Å². The number of hydrogen-bond acceptors (Lipinski definition) is 5. The predicted molar refractivity (Wildman–Crippen MR) is 98.8 cm³/mol. The van der Waals surface area contributed by atoms with E-state index in [-0.39, 0.29) is 28.8 Å². The fourth-order valence-corrected chi connectivity index (χ4v) is 3.33. The van der Waals surface area contributed by atoms with E-state index in [9.17, 15) is 9.59 Å². The Morgan fingerprint density at radius 1 is 1.20 bits per heavy atom. The summed E-state index contributed by atoms with van der Waals surface area (Å²) in [7, 11) is 1.30. The topological polar surface area (TPSA) is 64.6 Å². The monoisotopic (exact) mass is 421 g/mol. The third-order valence-corrected chi connectivity index (χ3v) is 5.16. The molecule has 1 amide bonds. The van der Waals surface area contributed by atoms with Gasteiger partial charge in [-0.3, -0.25) is 9.59 Å². The molecule has 0 aliphatic carbocycles. The van der Waals surface area contributed by atoms with Crippen molar-refractivity contribution >= 4 is 58.0 Å². The molecule has 0 aliphatic heterocycles. The number of thiophene rings is 1. The molecule has 1 aromatic carbocycles. The van der Waals surface area contributed by atoms with Gasteiger partial charge in [-0.25, -0.2) is 0 Å². The summed E-state index contributed by atoms with van der Waals surface area (Å²) < 4.78 is 10.1. The maximum atomic E-state index is 12.2. The Hall–Kier alpha value is -1.47. The van der Waals surface area contributed by atoms with Crippen LogP contribution in [-0.2, 0) is 14.3 Å². The normalized spacial score (nSPS) is 11.7. The quantitative estimate of drug-likeness (QED) is 0.527. The molecule has 0 saturated heterocycles. The molecule has 0 spiro atoms. The number of rotatable bonds is 7. The summed E-state index contributed by atoms with van der Waals surface area (Å²) in [6.07, 6.45) is 0.0241. The van der Waals surface area contributed by atoms with E-state index in [1.165, 1.54) is 30.6 Å². The molecule has 2 rings (SSSR count). The van der Waals surface area contributed by atoms with Crippen molar-refractivity contribution in [2.75, 3.05) is 13.7 Å². The molecular weight excluding hydrogens is 409 g/mol. The Bertz CT molecular complexity index is 752. The Kier molecular flexibility index (Phi) is 7.38. The Morgan fingerprint density at radius 2 is 1.92 bits per heavy atom. The zero-order chi connectivity index (χ0) is 18.4. The first kappa shape index (κ1) is 19.8. The van der Waals surface area contributed by atoms with Gasteiger partial charge >= 0.3 is 5.97 Å². The van der Waals surface area contributed by atoms with Crippen LogP contribution in [0.1, 0.15) is 17.3 Å². The average molecular weight is 423 g/mol. The van der Waals surface area contributed by atoms with Gasteiger partial charge in [0.05, 0.1) is 34.6 Å². The highest BCUT2D eigenvalue weighted by Crippen LogP contribution is 2.33. The number of carbonyl (C=O) groups is 2. The van der Waals surface area contributed by atoms with Crippen molar-refractivity contribution in [3.8, 4) is 5.75 Å². The van der Waals surface area contributed by atoms with E-state index < -0.39 is 17.9 Å². The van der Waals surface area contributed by atoms with Gasteiger partial charge in [-0.15, -0.1) is 11.3 Å². The van der Waals surface area contributed by atoms with Crippen molar-refractivity contribution in [1.82, 2.24) is 5.32 Å². The van der Waals surface area contributed by atoms with Crippen LogP contribution in [0.15, 0.2) is 29.6 Å². The van der Waals surface area contributed by atoms with E-state index >= 15 is 0 Å². The van der Waals surface area contributed by atoms with E-state index in [1.807, 2.05) is 17.5 Å². The lowest BCUT2D eigenvalue weighted by atomic mass is 10.1. The third kappa shape index (κ3) is 5.78. The molecule has 0 radical (unpaired) electrons. The van der Waals surface area contributed by atoms with Crippen LogP contribution in [0.25, 0.3) is 0 Å². The molecule has 1 heterocycles. The first-order valence-corrected chi connectivity index (χ1v) is 9.09. The predicted octanol–water partition coefficient (Wildman–Crippen LogP) is 4.51. The molecule has 1 unspecified atom stereocenters. The fourth-order valence-electron chi connectivity index (χ4n) is 1.96. The summed E-state index contributed by atoms with van der Waals surface area (Å²) >= 11 is 19.2. The minimum absolute atomic E-state index is 0.0241. The molecule has 0 fully saturated rings. The van der Waals surface area contributed by atoms with Gasteiger partial charge in [0.2, 0.25) is 0 Å². The van der Waals surface area contributed by atoms with E-state index in [1.54, 1.807) is 0 Å². The largest absolute Gasteiger partial charge is 0.482 e. The van der Waals surface area contributed by atoms with Crippen LogP contribution in [-0.4, -0.2) is 25.6 Å². The number of carbonyl (C=O) groups excluding carboxylic acids is 2. The second-order valence-corrected chi connectivity index (χ2v) is 7.10. The zero-order valence-corrected chi connectivity index (χ0v) is 16.1. The Labute approximate surface area is 163 Å². The van der Waals surface area contributed by atoms with Crippen LogP contribution < -0.4 is 10.1 Å². The van der Waals surface area contributed by atoms with Crippen LogP contribution >= 0.6 is 46.1 Å². The number of esters is 1. The van der Waals surface area contributed by atoms with Gasteiger partial charge < -0.3 is 14.8 Å². The fraction of sp³-hybridized carbons (Fsp3) is 0.250. The number of ether oxygens (including phenoxy) is 2. The summed E-state index contributed by atoms with van der Waals surface area (Å²) in [5, 5.41) is 5.40. The van der Waals surface area contributed by atoms with Gasteiger partial charge in [-0.2, -0.15) is 0 Å². The standard InChI is InChI=1S/C16H14Cl3NO4S/c1-23-16(22)7-12(14-3-2-4-25-14)20-15(21)8-24-13-6-10(18)9(17)5-11(13)19/h2-6,12H,7-8H2,1H3,(H,20,21). The van der Waals surface area contributed by atoms with Gasteiger partial charge in [0.15, 0.2) is 6.61 Å². The Balaban J connectivity index is 1.99. The zero-order valence-electron chi connectivity index (χ0n) is 13.1. The van der Waals surface area contributed by atoms with Crippen molar-refractivity contribution in [3.05, 3.63) is 49.6 Å². The maximum absolute atomic E-state index is 12.2. The number of amides is 1. The molecular formula is C16H14Cl3NO4S. The molecule has 9 heteroatoms. The lowest BCUT2D eigenvalue weighted by molar-refractivity contribution is -0.141. The van der Waals surface area contributed by atoms with Crippen molar-refractivity contribution in [2.45, 2.75) is 12.5 Å². The third-order valence-electron chi connectivity index (χ3n) is 3.15. The van der Waals surface area contributed by atoms with Crippen molar-refractivity contribution in [3.63, 3.8) is 0 Å². The second kappa shape index (κ2) is 9.29. The highest BCUT2D eigenvalue weighted by Gasteiger charge is 2.20.